The smallest absolute Gasteiger partial charge is 0.274 e. The number of thiazole rings is 1. The minimum absolute atomic E-state index is 0.0175. The number of hydrogen-bond acceptors (Lipinski definition) is 6. The van der Waals surface area contributed by atoms with Crippen LogP contribution in [-0.4, -0.2) is 51.9 Å². The number of rotatable bonds is 4. The Morgan fingerprint density at radius 1 is 1.27 bits per heavy atom. The van der Waals surface area contributed by atoms with Gasteiger partial charge in [0.1, 0.15) is 17.5 Å². The number of hydrogen-bond donors (Lipinski definition) is 0. The van der Waals surface area contributed by atoms with Gasteiger partial charge in [0.2, 0.25) is 0 Å². The van der Waals surface area contributed by atoms with E-state index in [4.69, 9.17) is 9.47 Å². The number of methoxy groups -OCH3 is 1. The molecule has 1 aliphatic heterocycles. The van der Waals surface area contributed by atoms with E-state index in [-0.39, 0.29) is 12.0 Å². The molecule has 0 radical (unpaired) electrons. The van der Waals surface area contributed by atoms with E-state index >= 15 is 0 Å². The van der Waals surface area contributed by atoms with Crippen LogP contribution in [0.4, 0.5) is 0 Å². The Morgan fingerprint density at radius 3 is 2.77 bits per heavy atom. The first-order chi connectivity index (χ1) is 12.6. The van der Waals surface area contributed by atoms with Gasteiger partial charge >= 0.3 is 0 Å². The number of fused-ring (bicyclic) bond motifs is 1. The molecule has 136 valence electrons. The number of carbonyl (C=O) groups excluding carboxylic acids is 1. The van der Waals surface area contributed by atoms with Gasteiger partial charge in [-0.1, -0.05) is 11.3 Å². The van der Waals surface area contributed by atoms with E-state index in [2.05, 4.69) is 10.1 Å². The fourth-order valence-corrected chi connectivity index (χ4v) is 3.98. The highest BCUT2D eigenvalue weighted by atomic mass is 32.1. The third kappa shape index (κ3) is 3.37. The lowest BCUT2D eigenvalue weighted by Crippen LogP contribution is -2.42. The summed E-state index contributed by atoms with van der Waals surface area (Å²) in [6, 6.07) is 7.55. The van der Waals surface area contributed by atoms with Crippen LogP contribution in [0.1, 0.15) is 23.3 Å². The van der Waals surface area contributed by atoms with Gasteiger partial charge in [0.05, 0.1) is 17.3 Å². The molecule has 0 saturated carbocycles. The molecule has 0 spiro atoms. The van der Waals surface area contributed by atoms with Gasteiger partial charge in [0.15, 0.2) is 0 Å². The summed E-state index contributed by atoms with van der Waals surface area (Å²) in [4.78, 5) is 18.8. The quantitative estimate of drug-likeness (QED) is 0.704. The molecule has 8 heteroatoms. The third-order valence-corrected chi connectivity index (χ3v) is 5.41. The SMILES string of the molecule is COc1ccc2nc(OC3CCN(C(=O)c4ccn(C)n4)CC3)sc2c1. The van der Waals surface area contributed by atoms with Crippen molar-refractivity contribution in [2.75, 3.05) is 20.2 Å². The Hall–Kier alpha value is -2.61. The lowest BCUT2D eigenvalue weighted by atomic mass is 10.1. The number of aromatic nitrogens is 3. The van der Waals surface area contributed by atoms with Crippen LogP contribution < -0.4 is 9.47 Å². The standard InChI is InChI=1S/C18H20N4O3S/c1-21-8-7-15(20-21)17(23)22-9-5-12(6-10-22)25-18-19-14-4-3-13(24-2)11-16(14)26-18/h3-4,7-8,11-12H,5-6,9-10H2,1-2H3. The third-order valence-electron chi connectivity index (χ3n) is 4.51. The molecule has 0 aliphatic carbocycles. The van der Waals surface area contributed by atoms with Gasteiger partial charge in [-0.2, -0.15) is 5.10 Å². The molecule has 3 heterocycles. The Labute approximate surface area is 155 Å². The number of amides is 1. The zero-order valence-corrected chi connectivity index (χ0v) is 15.5. The Kier molecular flexibility index (Phi) is 4.50. The average molecular weight is 372 g/mol. The van der Waals surface area contributed by atoms with Crippen molar-refractivity contribution in [3.8, 4) is 10.9 Å². The second-order valence-electron chi connectivity index (χ2n) is 6.30. The van der Waals surface area contributed by atoms with Crippen LogP contribution >= 0.6 is 11.3 Å². The molecular weight excluding hydrogens is 352 g/mol. The van der Waals surface area contributed by atoms with Crippen LogP contribution in [0.5, 0.6) is 10.9 Å². The highest BCUT2D eigenvalue weighted by Crippen LogP contribution is 2.32. The summed E-state index contributed by atoms with van der Waals surface area (Å²) >= 11 is 1.52. The van der Waals surface area contributed by atoms with Crippen molar-refractivity contribution in [1.29, 1.82) is 0 Å². The molecule has 1 aliphatic rings. The van der Waals surface area contributed by atoms with E-state index in [1.807, 2.05) is 30.1 Å². The summed E-state index contributed by atoms with van der Waals surface area (Å²) in [5.41, 5.74) is 1.40. The summed E-state index contributed by atoms with van der Waals surface area (Å²) in [5, 5.41) is 4.86. The lowest BCUT2D eigenvalue weighted by Gasteiger charge is -2.31. The van der Waals surface area contributed by atoms with Gasteiger partial charge in [-0.25, -0.2) is 4.98 Å². The summed E-state index contributed by atoms with van der Waals surface area (Å²) in [6.45, 7) is 1.33. The van der Waals surface area contributed by atoms with Crippen LogP contribution in [0.25, 0.3) is 10.2 Å². The van der Waals surface area contributed by atoms with Crippen LogP contribution in [0.2, 0.25) is 0 Å². The van der Waals surface area contributed by atoms with Gasteiger partial charge in [0.25, 0.3) is 11.1 Å². The molecule has 1 fully saturated rings. The number of likely N-dealkylation sites (tertiary alicyclic amines) is 1. The lowest BCUT2D eigenvalue weighted by molar-refractivity contribution is 0.0589. The normalized spacial score (nSPS) is 15.4. The maximum Gasteiger partial charge on any atom is 0.274 e. The van der Waals surface area contributed by atoms with E-state index in [0.29, 0.717) is 24.0 Å². The van der Waals surface area contributed by atoms with Gasteiger partial charge < -0.3 is 14.4 Å². The molecule has 4 rings (SSSR count). The first-order valence-electron chi connectivity index (χ1n) is 8.52. The summed E-state index contributed by atoms with van der Waals surface area (Å²) < 4.78 is 14.0. The summed E-state index contributed by atoms with van der Waals surface area (Å²) in [5.74, 6) is 0.796. The molecule has 1 saturated heterocycles. The molecule has 0 bridgehead atoms. The predicted octanol–water partition coefficient (Wildman–Crippen LogP) is 2.72. The highest BCUT2D eigenvalue weighted by molar-refractivity contribution is 7.20. The molecule has 0 N–H and O–H groups in total. The van der Waals surface area contributed by atoms with Crippen LogP contribution in [0.15, 0.2) is 30.5 Å². The molecule has 0 unspecified atom stereocenters. The van der Waals surface area contributed by atoms with E-state index < -0.39 is 0 Å². The Morgan fingerprint density at radius 2 is 2.08 bits per heavy atom. The maximum absolute atomic E-state index is 12.4. The minimum Gasteiger partial charge on any atom is -0.497 e. The second-order valence-corrected chi connectivity index (χ2v) is 7.29. The molecule has 3 aromatic rings. The predicted molar refractivity (Wildman–Crippen MR) is 98.9 cm³/mol. The van der Waals surface area contributed by atoms with Crippen molar-refractivity contribution in [3.05, 3.63) is 36.2 Å². The largest absolute Gasteiger partial charge is 0.497 e. The minimum atomic E-state index is -0.0175. The first kappa shape index (κ1) is 16.8. The molecular formula is C18H20N4O3S. The fourth-order valence-electron chi connectivity index (χ4n) is 3.07. The van der Waals surface area contributed by atoms with E-state index in [9.17, 15) is 4.79 Å². The number of benzene rings is 1. The van der Waals surface area contributed by atoms with Crippen LogP contribution in [0, 0.1) is 0 Å². The van der Waals surface area contributed by atoms with Crippen molar-refractivity contribution in [3.63, 3.8) is 0 Å². The van der Waals surface area contributed by atoms with Crippen molar-refractivity contribution in [1.82, 2.24) is 19.7 Å². The second kappa shape index (κ2) is 6.95. The van der Waals surface area contributed by atoms with E-state index in [0.717, 1.165) is 28.8 Å². The Balaban J connectivity index is 1.37. The van der Waals surface area contributed by atoms with Gasteiger partial charge in [0, 0.05) is 39.2 Å². The van der Waals surface area contributed by atoms with Crippen molar-refractivity contribution in [2.45, 2.75) is 18.9 Å². The zero-order valence-electron chi connectivity index (χ0n) is 14.7. The highest BCUT2D eigenvalue weighted by Gasteiger charge is 2.26. The van der Waals surface area contributed by atoms with Gasteiger partial charge in [-0.05, 0) is 24.3 Å². The van der Waals surface area contributed by atoms with Gasteiger partial charge in [-0.3, -0.25) is 9.48 Å². The topological polar surface area (TPSA) is 69.5 Å². The van der Waals surface area contributed by atoms with E-state index in [1.54, 1.807) is 24.1 Å². The summed E-state index contributed by atoms with van der Waals surface area (Å²) in [7, 11) is 3.46. The van der Waals surface area contributed by atoms with Gasteiger partial charge in [-0.15, -0.1) is 0 Å². The number of piperidine rings is 1. The molecule has 1 amide bonds. The molecule has 7 nitrogen and oxygen atoms in total. The summed E-state index contributed by atoms with van der Waals surface area (Å²) in [6.07, 6.45) is 3.44. The molecule has 2 aromatic heterocycles. The number of nitrogens with zero attached hydrogens (tertiary/aromatic N) is 4. The number of carbonyl (C=O) groups is 1. The molecule has 1 aromatic carbocycles. The monoisotopic (exact) mass is 372 g/mol. The fraction of sp³-hybridized carbons (Fsp3) is 0.389. The van der Waals surface area contributed by atoms with Crippen molar-refractivity contribution < 1.29 is 14.3 Å². The zero-order chi connectivity index (χ0) is 18.1. The van der Waals surface area contributed by atoms with Crippen molar-refractivity contribution in [2.24, 2.45) is 7.05 Å². The van der Waals surface area contributed by atoms with E-state index in [1.165, 1.54) is 11.3 Å². The van der Waals surface area contributed by atoms with Crippen LogP contribution in [-0.2, 0) is 7.05 Å². The molecule has 0 atom stereocenters. The average Bonchev–Trinajstić information content (AvgIpc) is 3.26. The number of ether oxygens (including phenoxy) is 2. The molecule has 26 heavy (non-hydrogen) atoms. The first-order valence-corrected chi connectivity index (χ1v) is 9.34. The van der Waals surface area contributed by atoms with Crippen LogP contribution in [0.3, 0.4) is 0 Å². The van der Waals surface area contributed by atoms with Crippen molar-refractivity contribution >= 4 is 27.5 Å². The maximum atomic E-state index is 12.4. The number of aryl methyl sites for hydroxylation is 1. The Bertz CT molecular complexity index is 928.